The number of allylic oxidation sites excluding steroid dienone is 4. The van der Waals surface area contributed by atoms with Crippen molar-refractivity contribution in [1.29, 1.82) is 0 Å². The molecule has 0 fully saturated rings. The van der Waals surface area contributed by atoms with Crippen molar-refractivity contribution in [3.05, 3.63) is 36.0 Å². The van der Waals surface area contributed by atoms with Gasteiger partial charge in [-0.1, -0.05) is 76.5 Å². The van der Waals surface area contributed by atoms with Crippen LogP contribution in [0.5, 0.6) is 0 Å². The van der Waals surface area contributed by atoms with Gasteiger partial charge in [-0.25, -0.2) is 0 Å². The minimum absolute atomic E-state index is 0.516. The lowest BCUT2D eigenvalue weighted by atomic mass is 10.1. The summed E-state index contributed by atoms with van der Waals surface area (Å²) in [5, 5.41) is 26.0. The first-order valence-corrected chi connectivity index (χ1v) is 7.82. The summed E-state index contributed by atoms with van der Waals surface area (Å²) >= 11 is 0. The topological polar surface area (TPSA) is 60.7 Å². The molecule has 0 atom stereocenters. The summed E-state index contributed by atoms with van der Waals surface area (Å²) in [6, 6.07) is 0. The van der Waals surface area contributed by atoms with Crippen LogP contribution >= 0.6 is 0 Å². The van der Waals surface area contributed by atoms with Crippen molar-refractivity contribution in [1.82, 2.24) is 0 Å². The molecule has 0 heterocycles. The van der Waals surface area contributed by atoms with Crippen molar-refractivity contribution >= 4 is 0 Å². The molecule has 0 aromatic rings. The lowest BCUT2D eigenvalue weighted by molar-refractivity contribution is 0.163. The maximum absolute atomic E-state index is 8.96. The van der Waals surface area contributed by atoms with Gasteiger partial charge in [0, 0.05) is 0 Å². The summed E-state index contributed by atoms with van der Waals surface area (Å²) in [7, 11) is 0. The van der Waals surface area contributed by atoms with E-state index in [1.54, 1.807) is 6.08 Å². The van der Waals surface area contributed by atoms with E-state index in [1.165, 1.54) is 63.9 Å². The second-order valence-electron chi connectivity index (χ2n) is 5.11. The number of aliphatic hydroxyl groups is 3. The predicted octanol–water partition coefficient (Wildman–Crippen LogP) is 5.86. The van der Waals surface area contributed by atoms with E-state index >= 15 is 0 Å². The largest absolute Gasteiger partial charge is 0.502 e. The molecule has 0 unspecified atom stereocenters. The van der Waals surface area contributed by atoms with Gasteiger partial charge in [-0.05, 0) is 18.9 Å². The van der Waals surface area contributed by atoms with Gasteiger partial charge in [0.25, 0.3) is 0 Å². The summed E-state index contributed by atoms with van der Waals surface area (Å²) in [5.74, 6) is -1.56. The molecule has 3 nitrogen and oxygen atoms in total. The van der Waals surface area contributed by atoms with E-state index in [-0.39, 0.29) is 0 Å². The molecule has 0 aliphatic carbocycles. The summed E-state index contributed by atoms with van der Waals surface area (Å²) in [5.41, 5.74) is 0. The zero-order valence-corrected chi connectivity index (χ0v) is 12.7. The Bertz CT molecular complexity index is 299. The van der Waals surface area contributed by atoms with Crippen LogP contribution in [0.2, 0.25) is 0 Å². The van der Waals surface area contributed by atoms with Crippen molar-refractivity contribution in [3.63, 3.8) is 0 Å². The average Bonchev–Trinajstić information content (AvgIpc) is 2.43. The fraction of sp³-hybridized carbons (Fsp3) is 0.647. The van der Waals surface area contributed by atoms with Gasteiger partial charge in [0.05, 0.1) is 0 Å². The zero-order valence-electron chi connectivity index (χ0n) is 12.7. The van der Waals surface area contributed by atoms with Crippen LogP contribution in [0.25, 0.3) is 0 Å². The van der Waals surface area contributed by atoms with Crippen molar-refractivity contribution in [2.75, 3.05) is 0 Å². The summed E-state index contributed by atoms with van der Waals surface area (Å²) in [6.07, 6.45) is 19.6. The number of aliphatic hydroxyl groups excluding tert-OH is 2. The molecule has 0 aliphatic rings. The molecule has 0 aromatic heterocycles. The first-order chi connectivity index (χ1) is 9.68. The van der Waals surface area contributed by atoms with Gasteiger partial charge in [-0.2, -0.15) is 0 Å². The molecule has 0 saturated carbocycles. The monoisotopic (exact) mass is 282 g/mol. The van der Waals surface area contributed by atoms with Gasteiger partial charge in [-0.15, -0.1) is 0 Å². The third-order valence-corrected chi connectivity index (χ3v) is 3.20. The summed E-state index contributed by atoms with van der Waals surface area (Å²) < 4.78 is 0. The number of unbranched alkanes of at least 4 members (excludes halogenated alkanes) is 9. The molecule has 3 N–H and O–H groups in total. The highest BCUT2D eigenvalue weighted by Gasteiger charge is 1.93. The zero-order chi connectivity index (χ0) is 15.1. The Balaban J connectivity index is 3.34. The first-order valence-electron chi connectivity index (χ1n) is 7.82. The average molecular weight is 282 g/mol. The third kappa shape index (κ3) is 13.1. The lowest BCUT2D eigenvalue weighted by Crippen LogP contribution is -1.83. The maximum atomic E-state index is 8.96. The third-order valence-electron chi connectivity index (χ3n) is 3.20. The normalized spacial score (nSPS) is 11.4. The van der Waals surface area contributed by atoms with Crippen molar-refractivity contribution in [3.8, 4) is 0 Å². The van der Waals surface area contributed by atoms with Gasteiger partial charge in [0.15, 0.2) is 5.76 Å². The van der Waals surface area contributed by atoms with Gasteiger partial charge >= 0.3 is 5.95 Å². The maximum Gasteiger partial charge on any atom is 0.318 e. The van der Waals surface area contributed by atoms with Gasteiger partial charge in [0.1, 0.15) is 0 Å². The molecule has 0 rings (SSSR count). The van der Waals surface area contributed by atoms with Crippen LogP contribution in [0.1, 0.15) is 71.1 Å². The first kappa shape index (κ1) is 18.6. The van der Waals surface area contributed by atoms with Crippen LogP contribution in [0.15, 0.2) is 36.0 Å². The van der Waals surface area contributed by atoms with Crippen molar-refractivity contribution in [2.24, 2.45) is 0 Å². The van der Waals surface area contributed by atoms with E-state index in [2.05, 4.69) is 6.92 Å². The van der Waals surface area contributed by atoms with Gasteiger partial charge in [-0.3, -0.25) is 0 Å². The summed E-state index contributed by atoms with van der Waals surface area (Å²) in [4.78, 5) is 0. The van der Waals surface area contributed by atoms with E-state index < -0.39 is 11.7 Å². The molecule has 0 bridgehead atoms. The summed E-state index contributed by atoms with van der Waals surface area (Å²) in [6.45, 7) is 2.24. The Morgan fingerprint density at radius 3 is 1.85 bits per heavy atom. The molecule has 0 amide bonds. The lowest BCUT2D eigenvalue weighted by Gasteiger charge is -2.00. The molecule has 0 aromatic carbocycles. The molecule has 116 valence electrons. The molecule has 0 aliphatic heterocycles. The predicted molar refractivity (Wildman–Crippen MR) is 85.0 cm³/mol. The number of hydrogen-bond acceptors (Lipinski definition) is 3. The fourth-order valence-electron chi connectivity index (χ4n) is 1.97. The Hall–Kier alpha value is -1.38. The standard InChI is InChI=1S/C17H30O3/c1-2-3-4-5-6-7-8-9-10-11-12-13-14-15-16(18)17(19)20/h12-15,18-20H,2-11H2,1H3. The highest BCUT2D eigenvalue weighted by molar-refractivity contribution is 5.15. The number of rotatable bonds is 12. The quantitative estimate of drug-likeness (QED) is 0.238. The smallest absolute Gasteiger partial charge is 0.318 e. The van der Waals surface area contributed by atoms with Crippen LogP contribution in [0, 0.1) is 0 Å². The van der Waals surface area contributed by atoms with Crippen LogP contribution in [-0.4, -0.2) is 15.3 Å². The van der Waals surface area contributed by atoms with E-state index in [0.717, 1.165) is 6.42 Å². The molecule has 0 saturated heterocycles. The van der Waals surface area contributed by atoms with Gasteiger partial charge < -0.3 is 15.3 Å². The minimum atomic E-state index is -1.05. The molecule has 20 heavy (non-hydrogen) atoms. The molecule has 0 radical (unpaired) electrons. The highest BCUT2D eigenvalue weighted by atomic mass is 16.5. The minimum Gasteiger partial charge on any atom is -0.502 e. The van der Waals surface area contributed by atoms with Crippen LogP contribution in [0.3, 0.4) is 0 Å². The van der Waals surface area contributed by atoms with Crippen molar-refractivity contribution in [2.45, 2.75) is 71.1 Å². The highest BCUT2D eigenvalue weighted by Crippen LogP contribution is 2.10. The fourth-order valence-corrected chi connectivity index (χ4v) is 1.97. The van der Waals surface area contributed by atoms with E-state index in [1.807, 2.05) is 12.2 Å². The van der Waals surface area contributed by atoms with Crippen LogP contribution in [0.4, 0.5) is 0 Å². The van der Waals surface area contributed by atoms with E-state index in [0.29, 0.717) is 0 Å². The van der Waals surface area contributed by atoms with Gasteiger partial charge in [0.2, 0.25) is 0 Å². The van der Waals surface area contributed by atoms with E-state index in [9.17, 15) is 0 Å². The van der Waals surface area contributed by atoms with Crippen molar-refractivity contribution < 1.29 is 15.3 Å². The molecular weight excluding hydrogens is 252 g/mol. The molecule has 0 spiro atoms. The molecular formula is C17H30O3. The Kier molecular flexibility index (Phi) is 13.1. The number of hydrogen-bond donors (Lipinski definition) is 3. The Morgan fingerprint density at radius 2 is 1.30 bits per heavy atom. The van der Waals surface area contributed by atoms with Crippen LogP contribution in [-0.2, 0) is 0 Å². The second kappa shape index (κ2) is 14.0. The van der Waals surface area contributed by atoms with Crippen LogP contribution < -0.4 is 0 Å². The SMILES string of the molecule is CCCCCCCCCCCC=CC=CC(O)=C(O)O. The second-order valence-corrected chi connectivity index (χ2v) is 5.11. The Labute approximate surface area is 123 Å². The Morgan fingerprint density at radius 1 is 0.750 bits per heavy atom. The van der Waals surface area contributed by atoms with E-state index in [4.69, 9.17) is 15.3 Å². The molecule has 3 heteroatoms.